The molecule has 186 valence electrons. The summed E-state index contributed by atoms with van der Waals surface area (Å²) in [5, 5.41) is 7.15. The van der Waals surface area contributed by atoms with Crippen LogP contribution in [0.1, 0.15) is 54.4 Å². The van der Waals surface area contributed by atoms with Crippen molar-refractivity contribution in [3.05, 3.63) is 36.7 Å². The molecular weight excluding hydrogens is 450 g/mol. The number of nitrogens with zero attached hydrogens (tertiary/aromatic N) is 3. The summed E-state index contributed by atoms with van der Waals surface area (Å²) in [6, 6.07) is 8.16. The molecule has 2 aromatic rings. The SMILES string of the molecule is CC(C)OCNc1cccc(Sc2cnc(N3CCC(C)(NC(=O)OC(C)(C)C)CC3)cn2)c1. The van der Waals surface area contributed by atoms with E-state index in [0.29, 0.717) is 6.73 Å². The molecule has 1 aliphatic heterocycles. The van der Waals surface area contributed by atoms with Crippen LogP contribution in [0, 0.1) is 0 Å². The second-order valence-electron chi connectivity index (χ2n) is 10.1. The average molecular weight is 488 g/mol. The van der Waals surface area contributed by atoms with Crippen molar-refractivity contribution in [2.45, 2.75) is 81.5 Å². The van der Waals surface area contributed by atoms with Crippen molar-refractivity contribution < 1.29 is 14.3 Å². The summed E-state index contributed by atoms with van der Waals surface area (Å²) in [7, 11) is 0. The Hall–Kier alpha value is -2.52. The molecule has 0 bridgehead atoms. The molecule has 1 amide bonds. The van der Waals surface area contributed by atoms with E-state index in [1.165, 1.54) is 0 Å². The summed E-state index contributed by atoms with van der Waals surface area (Å²) in [4.78, 5) is 24.7. The van der Waals surface area contributed by atoms with Gasteiger partial charge in [0.1, 0.15) is 23.2 Å². The number of hydrogen-bond acceptors (Lipinski definition) is 8. The van der Waals surface area contributed by atoms with Crippen molar-refractivity contribution in [1.82, 2.24) is 15.3 Å². The summed E-state index contributed by atoms with van der Waals surface area (Å²) in [5.74, 6) is 0.852. The van der Waals surface area contributed by atoms with E-state index in [4.69, 9.17) is 9.47 Å². The quantitative estimate of drug-likeness (QED) is 0.485. The highest BCUT2D eigenvalue weighted by atomic mass is 32.2. The van der Waals surface area contributed by atoms with Gasteiger partial charge in [0.15, 0.2) is 0 Å². The van der Waals surface area contributed by atoms with Gasteiger partial charge in [-0.2, -0.15) is 0 Å². The molecule has 1 aromatic carbocycles. The largest absolute Gasteiger partial charge is 0.444 e. The Bertz CT molecular complexity index is 938. The number of nitrogens with one attached hydrogen (secondary N) is 2. The van der Waals surface area contributed by atoms with Crippen LogP contribution < -0.4 is 15.5 Å². The molecule has 2 N–H and O–H groups in total. The fourth-order valence-electron chi connectivity index (χ4n) is 3.51. The zero-order chi connectivity index (χ0) is 24.8. The first-order chi connectivity index (χ1) is 16.0. The Kier molecular flexibility index (Phi) is 8.65. The number of anilines is 2. The molecule has 1 saturated heterocycles. The normalized spacial score (nSPS) is 15.8. The maximum absolute atomic E-state index is 12.2. The number of rotatable bonds is 8. The van der Waals surface area contributed by atoms with Gasteiger partial charge in [-0.25, -0.2) is 14.8 Å². The van der Waals surface area contributed by atoms with Gasteiger partial charge in [0, 0.05) is 29.2 Å². The summed E-state index contributed by atoms with van der Waals surface area (Å²) in [6.07, 6.45) is 5.08. The summed E-state index contributed by atoms with van der Waals surface area (Å²) < 4.78 is 11.0. The second kappa shape index (κ2) is 11.3. The van der Waals surface area contributed by atoms with E-state index in [1.807, 2.05) is 59.1 Å². The molecular formula is C25H37N5O3S. The minimum atomic E-state index is -0.503. The van der Waals surface area contributed by atoms with Gasteiger partial charge >= 0.3 is 6.09 Å². The smallest absolute Gasteiger partial charge is 0.408 e. The topological polar surface area (TPSA) is 88.6 Å². The lowest BCUT2D eigenvalue weighted by Gasteiger charge is -2.40. The van der Waals surface area contributed by atoms with Gasteiger partial charge < -0.3 is 25.0 Å². The first-order valence-electron chi connectivity index (χ1n) is 11.7. The Morgan fingerprint density at radius 1 is 1.21 bits per heavy atom. The highest BCUT2D eigenvalue weighted by molar-refractivity contribution is 7.99. The van der Waals surface area contributed by atoms with Crippen LogP contribution in [-0.2, 0) is 9.47 Å². The molecule has 0 unspecified atom stereocenters. The van der Waals surface area contributed by atoms with Crippen molar-refractivity contribution in [3.63, 3.8) is 0 Å². The Morgan fingerprint density at radius 3 is 2.56 bits per heavy atom. The van der Waals surface area contributed by atoms with E-state index < -0.39 is 5.60 Å². The lowest BCUT2D eigenvalue weighted by molar-refractivity contribution is 0.0448. The minimum Gasteiger partial charge on any atom is -0.444 e. The van der Waals surface area contributed by atoms with Gasteiger partial charge in [-0.3, -0.25) is 0 Å². The number of alkyl carbamates (subject to hydrolysis) is 1. The Morgan fingerprint density at radius 2 is 1.94 bits per heavy atom. The van der Waals surface area contributed by atoms with Gasteiger partial charge in [-0.05, 0) is 72.6 Å². The number of amides is 1. The van der Waals surface area contributed by atoms with E-state index in [9.17, 15) is 4.79 Å². The van der Waals surface area contributed by atoms with Crippen molar-refractivity contribution in [2.75, 3.05) is 30.0 Å². The van der Waals surface area contributed by atoms with Crippen LogP contribution in [0.5, 0.6) is 0 Å². The van der Waals surface area contributed by atoms with E-state index in [0.717, 1.165) is 47.4 Å². The number of carbonyl (C=O) groups excluding carboxylic acids is 1. The highest BCUT2D eigenvalue weighted by Gasteiger charge is 2.33. The molecule has 0 saturated carbocycles. The molecule has 0 spiro atoms. The van der Waals surface area contributed by atoms with Crippen LogP contribution in [0.4, 0.5) is 16.3 Å². The molecule has 9 heteroatoms. The molecule has 3 rings (SSSR count). The molecule has 1 aliphatic rings. The number of ether oxygens (including phenoxy) is 2. The lowest BCUT2D eigenvalue weighted by atomic mass is 9.90. The maximum Gasteiger partial charge on any atom is 0.408 e. The maximum atomic E-state index is 12.2. The predicted octanol–water partition coefficient (Wildman–Crippen LogP) is 5.31. The van der Waals surface area contributed by atoms with Crippen LogP contribution >= 0.6 is 11.8 Å². The number of piperidine rings is 1. The molecule has 1 aromatic heterocycles. The fraction of sp³-hybridized carbons (Fsp3) is 0.560. The van der Waals surface area contributed by atoms with Crippen molar-refractivity contribution in [1.29, 1.82) is 0 Å². The Balaban J connectivity index is 1.51. The number of hydrogen-bond donors (Lipinski definition) is 2. The van der Waals surface area contributed by atoms with Crippen molar-refractivity contribution >= 4 is 29.4 Å². The predicted molar refractivity (Wildman–Crippen MR) is 137 cm³/mol. The van der Waals surface area contributed by atoms with Gasteiger partial charge in [-0.1, -0.05) is 17.8 Å². The van der Waals surface area contributed by atoms with Gasteiger partial charge in [0.25, 0.3) is 0 Å². The van der Waals surface area contributed by atoms with Crippen molar-refractivity contribution in [2.24, 2.45) is 0 Å². The summed E-state index contributed by atoms with van der Waals surface area (Å²) >= 11 is 1.57. The van der Waals surface area contributed by atoms with Gasteiger partial charge in [-0.15, -0.1) is 0 Å². The Labute approximate surface area is 207 Å². The van der Waals surface area contributed by atoms with E-state index in [1.54, 1.807) is 11.8 Å². The highest BCUT2D eigenvalue weighted by Crippen LogP contribution is 2.29. The van der Waals surface area contributed by atoms with Crippen LogP contribution in [0.25, 0.3) is 0 Å². The second-order valence-corrected chi connectivity index (χ2v) is 11.1. The monoisotopic (exact) mass is 487 g/mol. The zero-order valence-corrected chi connectivity index (χ0v) is 21.9. The summed E-state index contributed by atoms with van der Waals surface area (Å²) in [5.41, 5.74) is 0.212. The van der Waals surface area contributed by atoms with Crippen LogP contribution in [-0.4, -0.2) is 53.1 Å². The van der Waals surface area contributed by atoms with Crippen LogP contribution in [0.2, 0.25) is 0 Å². The summed E-state index contributed by atoms with van der Waals surface area (Å²) in [6.45, 7) is 13.8. The molecule has 0 radical (unpaired) electrons. The molecule has 0 aliphatic carbocycles. The third kappa shape index (κ3) is 8.36. The van der Waals surface area contributed by atoms with E-state index in [-0.39, 0.29) is 17.7 Å². The molecule has 1 fully saturated rings. The van der Waals surface area contributed by atoms with Crippen LogP contribution in [0.3, 0.4) is 0 Å². The number of benzene rings is 1. The zero-order valence-electron chi connectivity index (χ0n) is 21.1. The third-order valence-electron chi connectivity index (χ3n) is 5.36. The molecule has 0 atom stereocenters. The number of carbonyl (C=O) groups is 1. The molecule has 8 nitrogen and oxygen atoms in total. The fourth-order valence-corrected chi connectivity index (χ4v) is 4.30. The van der Waals surface area contributed by atoms with Gasteiger partial charge in [0.2, 0.25) is 0 Å². The molecule has 2 heterocycles. The minimum absolute atomic E-state index is 0.189. The number of aromatic nitrogens is 2. The third-order valence-corrected chi connectivity index (χ3v) is 6.27. The van der Waals surface area contributed by atoms with Crippen LogP contribution in [0.15, 0.2) is 46.6 Å². The lowest BCUT2D eigenvalue weighted by Crippen LogP contribution is -2.54. The standard InChI is InChI=1S/C25H37N5O3S/c1-18(2)32-17-28-19-8-7-9-20(14-19)34-22-16-26-21(15-27-22)30-12-10-25(6,11-13-30)29-23(31)33-24(3,4)5/h7-9,14-16,18,28H,10-13,17H2,1-6H3,(H,29,31). The van der Waals surface area contributed by atoms with E-state index in [2.05, 4.69) is 44.6 Å². The van der Waals surface area contributed by atoms with Crippen molar-refractivity contribution in [3.8, 4) is 0 Å². The first kappa shape index (κ1) is 26.1. The average Bonchev–Trinajstić information content (AvgIpc) is 2.73. The van der Waals surface area contributed by atoms with E-state index >= 15 is 0 Å². The first-order valence-corrected chi connectivity index (χ1v) is 12.5. The van der Waals surface area contributed by atoms with Gasteiger partial charge in [0.05, 0.1) is 18.5 Å². The molecule has 34 heavy (non-hydrogen) atoms.